The van der Waals surface area contributed by atoms with Crippen molar-refractivity contribution in [1.29, 1.82) is 0 Å². The Morgan fingerprint density at radius 2 is 1.56 bits per heavy atom. The van der Waals surface area contributed by atoms with Crippen LogP contribution in [0.5, 0.6) is 0 Å². The molecule has 34 heavy (non-hydrogen) atoms. The van der Waals surface area contributed by atoms with E-state index in [9.17, 15) is 9.59 Å². The lowest BCUT2D eigenvalue weighted by Crippen LogP contribution is -2.44. The minimum absolute atomic E-state index is 0.0609. The number of carbonyl (C=O) groups is 2. The first-order valence-corrected chi connectivity index (χ1v) is 12.2. The second-order valence-electron chi connectivity index (χ2n) is 8.81. The molecule has 0 N–H and O–H groups in total. The van der Waals surface area contributed by atoms with Gasteiger partial charge >= 0.3 is 0 Å². The predicted molar refractivity (Wildman–Crippen MR) is 136 cm³/mol. The molecule has 0 radical (unpaired) electrons. The van der Waals surface area contributed by atoms with Gasteiger partial charge in [0, 0.05) is 18.7 Å². The zero-order valence-electron chi connectivity index (χ0n) is 20.6. The number of benzene rings is 2. The summed E-state index contributed by atoms with van der Waals surface area (Å²) in [5.41, 5.74) is 2.75. The van der Waals surface area contributed by atoms with Crippen LogP contribution in [0.3, 0.4) is 0 Å². The summed E-state index contributed by atoms with van der Waals surface area (Å²) in [6.07, 6.45) is 3.70. The number of unbranched alkanes of at least 4 members (excludes halogenated alkanes) is 2. The van der Waals surface area contributed by atoms with Crippen molar-refractivity contribution in [1.82, 2.24) is 9.80 Å². The smallest absolute Gasteiger partial charge is 0.254 e. The zero-order chi connectivity index (χ0) is 24.3. The van der Waals surface area contributed by atoms with Crippen LogP contribution in [0.25, 0.3) is 0 Å². The van der Waals surface area contributed by atoms with Crippen LogP contribution in [-0.2, 0) is 17.8 Å². The third-order valence-electron chi connectivity index (χ3n) is 6.03. The van der Waals surface area contributed by atoms with Gasteiger partial charge in [-0.2, -0.15) is 0 Å². The van der Waals surface area contributed by atoms with Gasteiger partial charge in [-0.3, -0.25) is 9.59 Å². The lowest BCUT2D eigenvalue weighted by molar-refractivity contribution is -0.132. The van der Waals surface area contributed by atoms with Gasteiger partial charge in [-0.1, -0.05) is 68.3 Å². The summed E-state index contributed by atoms with van der Waals surface area (Å²) in [6.45, 7) is 7.55. The van der Waals surface area contributed by atoms with Crippen LogP contribution in [0.15, 0.2) is 71.1 Å². The van der Waals surface area contributed by atoms with Gasteiger partial charge in [0.25, 0.3) is 5.91 Å². The predicted octanol–water partition coefficient (Wildman–Crippen LogP) is 5.80. The maximum absolute atomic E-state index is 13.5. The van der Waals surface area contributed by atoms with E-state index < -0.39 is 0 Å². The van der Waals surface area contributed by atoms with E-state index in [-0.39, 0.29) is 18.4 Å². The summed E-state index contributed by atoms with van der Waals surface area (Å²) < 4.78 is 5.76. The monoisotopic (exact) mass is 460 g/mol. The molecule has 0 saturated carbocycles. The van der Waals surface area contributed by atoms with Gasteiger partial charge in [0.2, 0.25) is 5.91 Å². The Labute approximate surface area is 203 Å². The molecule has 3 rings (SSSR count). The summed E-state index contributed by atoms with van der Waals surface area (Å²) >= 11 is 0. The third-order valence-corrected chi connectivity index (χ3v) is 6.03. The van der Waals surface area contributed by atoms with E-state index in [1.165, 1.54) is 5.56 Å². The second-order valence-corrected chi connectivity index (χ2v) is 8.81. The quantitative estimate of drug-likeness (QED) is 0.321. The molecule has 0 fully saturated rings. The largest absolute Gasteiger partial charge is 0.464 e. The summed E-state index contributed by atoms with van der Waals surface area (Å²) in [7, 11) is 0. The van der Waals surface area contributed by atoms with Crippen LogP contribution in [0.2, 0.25) is 0 Å². The molecule has 1 aromatic heterocycles. The van der Waals surface area contributed by atoms with Crippen molar-refractivity contribution >= 4 is 11.8 Å². The number of hydrogen-bond donors (Lipinski definition) is 0. The van der Waals surface area contributed by atoms with E-state index in [1.807, 2.05) is 73.3 Å². The fourth-order valence-electron chi connectivity index (χ4n) is 4.01. The molecule has 0 saturated heterocycles. The van der Waals surface area contributed by atoms with E-state index in [4.69, 9.17) is 4.42 Å². The molecule has 2 amide bonds. The average Bonchev–Trinajstić information content (AvgIpc) is 3.26. The highest BCUT2D eigenvalue weighted by atomic mass is 16.3. The lowest BCUT2D eigenvalue weighted by atomic mass is 10.1. The van der Waals surface area contributed by atoms with E-state index >= 15 is 0 Å². The molecule has 5 heteroatoms. The van der Waals surface area contributed by atoms with Gasteiger partial charge in [-0.15, -0.1) is 0 Å². The molecular formula is C29H36N2O3. The Hall–Kier alpha value is -3.34. The molecule has 2 aromatic carbocycles. The van der Waals surface area contributed by atoms with Gasteiger partial charge < -0.3 is 14.2 Å². The average molecular weight is 461 g/mol. The minimum Gasteiger partial charge on any atom is -0.464 e. The van der Waals surface area contributed by atoms with Crippen LogP contribution in [-0.4, -0.2) is 41.2 Å². The molecule has 0 aliphatic carbocycles. The van der Waals surface area contributed by atoms with Crippen molar-refractivity contribution in [3.05, 3.63) is 94.9 Å². The van der Waals surface area contributed by atoms with Crippen LogP contribution in [0, 0.1) is 13.8 Å². The minimum atomic E-state index is -0.0839. The molecule has 1 heterocycles. The van der Waals surface area contributed by atoms with Crippen LogP contribution < -0.4 is 0 Å². The molecule has 0 unspecified atom stereocenters. The van der Waals surface area contributed by atoms with Crippen LogP contribution in [0.4, 0.5) is 0 Å². The topological polar surface area (TPSA) is 53.8 Å². The van der Waals surface area contributed by atoms with Gasteiger partial charge in [0.05, 0.1) is 6.54 Å². The molecule has 3 aromatic rings. The Bertz CT molecular complexity index is 1060. The van der Waals surface area contributed by atoms with Gasteiger partial charge in [0.1, 0.15) is 18.1 Å². The number of furan rings is 1. The highest BCUT2D eigenvalue weighted by Gasteiger charge is 2.23. The van der Waals surface area contributed by atoms with Crippen molar-refractivity contribution in [2.45, 2.75) is 53.0 Å². The van der Waals surface area contributed by atoms with Gasteiger partial charge in [-0.05, 0) is 56.0 Å². The number of carbonyl (C=O) groups excluding carboxylic acids is 2. The Balaban J connectivity index is 1.77. The summed E-state index contributed by atoms with van der Waals surface area (Å²) in [5.74, 6) is 1.42. The maximum Gasteiger partial charge on any atom is 0.254 e. The first kappa shape index (κ1) is 25.3. The van der Waals surface area contributed by atoms with Gasteiger partial charge in [0.15, 0.2) is 0 Å². The van der Waals surface area contributed by atoms with E-state index in [2.05, 4.69) is 19.1 Å². The number of rotatable bonds is 12. The third kappa shape index (κ3) is 7.34. The fourth-order valence-corrected chi connectivity index (χ4v) is 4.01. The molecule has 0 aliphatic heterocycles. The van der Waals surface area contributed by atoms with Crippen LogP contribution in [0.1, 0.15) is 59.2 Å². The molecule has 0 spiro atoms. The first-order chi connectivity index (χ1) is 16.5. The standard InChI is InChI=1S/C29H36N2O3/c1-4-5-11-19-31(29(33)27-15-10-9-12-23(27)2)22-28(32)30(21-26-17-16-24(3)34-26)20-18-25-13-7-6-8-14-25/h6-10,12-17H,4-5,11,18-22H2,1-3H3. The highest BCUT2D eigenvalue weighted by molar-refractivity contribution is 5.97. The van der Waals surface area contributed by atoms with Crippen molar-refractivity contribution in [2.75, 3.05) is 19.6 Å². The van der Waals surface area contributed by atoms with Crippen LogP contribution >= 0.6 is 0 Å². The molecule has 0 aliphatic rings. The molecular weight excluding hydrogens is 424 g/mol. The molecule has 0 bridgehead atoms. The van der Waals surface area contributed by atoms with Gasteiger partial charge in [-0.25, -0.2) is 0 Å². The molecule has 0 atom stereocenters. The number of nitrogens with zero attached hydrogens (tertiary/aromatic N) is 2. The summed E-state index contributed by atoms with van der Waals surface area (Å²) in [4.78, 5) is 30.4. The maximum atomic E-state index is 13.5. The van der Waals surface area contributed by atoms with E-state index in [0.29, 0.717) is 25.2 Å². The van der Waals surface area contributed by atoms with Crippen molar-refractivity contribution in [3.8, 4) is 0 Å². The SMILES string of the molecule is CCCCCN(CC(=O)N(CCc1ccccc1)Cc1ccc(C)o1)C(=O)c1ccccc1C. The lowest BCUT2D eigenvalue weighted by Gasteiger charge is -2.28. The van der Waals surface area contributed by atoms with Crippen molar-refractivity contribution in [2.24, 2.45) is 0 Å². The van der Waals surface area contributed by atoms with Crippen molar-refractivity contribution < 1.29 is 14.0 Å². The highest BCUT2D eigenvalue weighted by Crippen LogP contribution is 2.15. The molecule has 5 nitrogen and oxygen atoms in total. The normalized spacial score (nSPS) is 10.8. The zero-order valence-corrected chi connectivity index (χ0v) is 20.6. The number of aryl methyl sites for hydroxylation is 2. The Kier molecular flexibility index (Phi) is 9.51. The van der Waals surface area contributed by atoms with Crippen molar-refractivity contribution in [3.63, 3.8) is 0 Å². The van der Waals surface area contributed by atoms with E-state index in [0.717, 1.165) is 42.8 Å². The van der Waals surface area contributed by atoms with E-state index in [1.54, 1.807) is 4.90 Å². The summed E-state index contributed by atoms with van der Waals surface area (Å²) in [5, 5.41) is 0. The molecule has 180 valence electrons. The number of hydrogen-bond acceptors (Lipinski definition) is 3. The fraction of sp³-hybridized carbons (Fsp3) is 0.379. The second kappa shape index (κ2) is 12.8. The summed E-state index contributed by atoms with van der Waals surface area (Å²) in [6, 6.07) is 21.5. The Morgan fingerprint density at radius 3 is 2.24 bits per heavy atom. The number of amides is 2. The Morgan fingerprint density at radius 1 is 0.824 bits per heavy atom. The first-order valence-electron chi connectivity index (χ1n) is 12.2.